The first-order valence-corrected chi connectivity index (χ1v) is 6.76. The number of nitrogens with one attached hydrogen (secondary N) is 1. The van der Waals surface area contributed by atoms with E-state index >= 15 is 0 Å². The lowest BCUT2D eigenvalue weighted by Crippen LogP contribution is -2.25. The van der Waals surface area contributed by atoms with Crippen LogP contribution in [0.5, 0.6) is 0 Å². The highest BCUT2D eigenvalue weighted by atomic mass is 19.3. The number of allylic oxidation sites excluding steroid dienone is 1. The summed E-state index contributed by atoms with van der Waals surface area (Å²) < 4.78 is 26.3. The van der Waals surface area contributed by atoms with E-state index in [1.54, 1.807) is 0 Å². The van der Waals surface area contributed by atoms with Crippen LogP contribution in [0.15, 0.2) is 12.2 Å². The Bertz CT molecular complexity index is 236. The molecule has 1 fully saturated rings. The molecule has 3 heteroatoms. The van der Waals surface area contributed by atoms with E-state index in [-0.39, 0.29) is 18.8 Å². The van der Waals surface area contributed by atoms with Crippen LogP contribution in [-0.2, 0) is 0 Å². The summed E-state index contributed by atoms with van der Waals surface area (Å²) in [7, 11) is 0. The standard InChI is InChI=1S/C14H25F2N/c1-12(2)17-10-5-3-4-7-13-8-6-9-14(15,16)11-13/h3-4,12-13,17H,5-11H2,1-2H3/b4-3+. The maximum Gasteiger partial charge on any atom is 0.248 e. The van der Waals surface area contributed by atoms with E-state index in [1.807, 2.05) is 0 Å². The predicted octanol–water partition coefficient (Wildman–Crippen LogP) is 4.15. The van der Waals surface area contributed by atoms with Crippen LogP contribution in [0.3, 0.4) is 0 Å². The summed E-state index contributed by atoms with van der Waals surface area (Å²) in [5.74, 6) is -2.22. The highest BCUT2D eigenvalue weighted by molar-refractivity contribution is 4.88. The molecule has 1 saturated carbocycles. The van der Waals surface area contributed by atoms with Gasteiger partial charge in [0.2, 0.25) is 5.92 Å². The van der Waals surface area contributed by atoms with Crippen molar-refractivity contribution >= 4 is 0 Å². The van der Waals surface area contributed by atoms with Gasteiger partial charge in [0.25, 0.3) is 0 Å². The molecule has 1 nitrogen and oxygen atoms in total. The quantitative estimate of drug-likeness (QED) is 0.547. The first-order valence-electron chi connectivity index (χ1n) is 6.76. The average molecular weight is 245 g/mol. The molecule has 17 heavy (non-hydrogen) atoms. The van der Waals surface area contributed by atoms with Crippen molar-refractivity contribution in [2.75, 3.05) is 6.54 Å². The minimum atomic E-state index is -2.41. The van der Waals surface area contributed by atoms with Gasteiger partial charge in [0.15, 0.2) is 0 Å². The molecule has 1 aliphatic rings. The molecular weight excluding hydrogens is 220 g/mol. The molecule has 0 aromatic heterocycles. The highest BCUT2D eigenvalue weighted by Crippen LogP contribution is 2.38. The van der Waals surface area contributed by atoms with E-state index < -0.39 is 5.92 Å². The summed E-state index contributed by atoms with van der Waals surface area (Å²) >= 11 is 0. The zero-order chi connectivity index (χ0) is 12.7. The topological polar surface area (TPSA) is 12.0 Å². The van der Waals surface area contributed by atoms with Gasteiger partial charge in [0.05, 0.1) is 0 Å². The molecule has 0 radical (unpaired) electrons. The van der Waals surface area contributed by atoms with E-state index in [0.29, 0.717) is 12.5 Å². The fourth-order valence-electron chi connectivity index (χ4n) is 2.34. The fourth-order valence-corrected chi connectivity index (χ4v) is 2.34. The van der Waals surface area contributed by atoms with E-state index in [0.717, 1.165) is 25.8 Å². The summed E-state index contributed by atoms with van der Waals surface area (Å²) in [6, 6.07) is 0.514. The lowest BCUT2D eigenvalue weighted by atomic mass is 9.84. The second-order valence-electron chi connectivity index (χ2n) is 5.42. The molecule has 0 heterocycles. The maximum atomic E-state index is 13.1. The van der Waals surface area contributed by atoms with Gasteiger partial charge in [-0.2, -0.15) is 0 Å². The minimum absolute atomic E-state index is 0.0849. The number of hydrogen-bond acceptors (Lipinski definition) is 1. The van der Waals surface area contributed by atoms with Gasteiger partial charge >= 0.3 is 0 Å². The highest BCUT2D eigenvalue weighted by Gasteiger charge is 2.35. The van der Waals surface area contributed by atoms with Crippen molar-refractivity contribution < 1.29 is 8.78 Å². The summed E-state index contributed by atoms with van der Waals surface area (Å²) in [6.07, 6.45) is 7.81. The van der Waals surface area contributed by atoms with Crippen LogP contribution in [0, 0.1) is 5.92 Å². The van der Waals surface area contributed by atoms with E-state index in [1.165, 1.54) is 0 Å². The Morgan fingerprint density at radius 1 is 1.35 bits per heavy atom. The van der Waals surface area contributed by atoms with Crippen molar-refractivity contribution in [1.82, 2.24) is 5.32 Å². The van der Waals surface area contributed by atoms with Crippen LogP contribution < -0.4 is 5.32 Å². The Balaban J connectivity index is 2.11. The summed E-state index contributed by atoms with van der Waals surface area (Å²) in [6.45, 7) is 5.21. The molecular formula is C14H25F2N. The van der Waals surface area contributed by atoms with Gasteiger partial charge in [0, 0.05) is 18.9 Å². The van der Waals surface area contributed by atoms with Crippen molar-refractivity contribution in [3.63, 3.8) is 0 Å². The van der Waals surface area contributed by atoms with E-state index in [2.05, 4.69) is 31.3 Å². The Morgan fingerprint density at radius 2 is 2.12 bits per heavy atom. The van der Waals surface area contributed by atoms with Crippen molar-refractivity contribution in [1.29, 1.82) is 0 Å². The largest absolute Gasteiger partial charge is 0.314 e. The number of halogens is 2. The normalized spacial score (nSPS) is 24.6. The van der Waals surface area contributed by atoms with Gasteiger partial charge in [-0.25, -0.2) is 8.78 Å². The molecule has 0 aliphatic heterocycles. The maximum absolute atomic E-state index is 13.1. The molecule has 0 saturated heterocycles. The molecule has 1 rings (SSSR count). The van der Waals surface area contributed by atoms with Gasteiger partial charge in [-0.3, -0.25) is 0 Å². The zero-order valence-corrected chi connectivity index (χ0v) is 11.0. The van der Waals surface area contributed by atoms with Crippen molar-refractivity contribution in [2.45, 2.75) is 64.3 Å². The molecule has 0 aromatic carbocycles. The number of hydrogen-bond donors (Lipinski definition) is 1. The second-order valence-corrected chi connectivity index (χ2v) is 5.42. The first kappa shape index (κ1) is 14.6. The lowest BCUT2D eigenvalue weighted by Gasteiger charge is -2.28. The third-order valence-corrected chi connectivity index (χ3v) is 3.24. The monoisotopic (exact) mass is 245 g/mol. The second kappa shape index (κ2) is 7.10. The minimum Gasteiger partial charge on any atom is -0.314 e. The van der Waals surface area contributed by atoms with Gasteiger partial charge in [-0.1, -0.05) is 26.0 Å². The first-order chi connectivity index (χ1) is 7.99. The van der Waals surface area contributed by atoms with Crippen LogP contribution in [0.4, 0.5) is 8.78 Å². The average Bonchev–Trinajstić information content (AvgIpc) is 2.21. The Morgan fingerprint density at radius 3 is 2.76 bits per heavy atom. The fraction of sp³-hybridized carbons (Fsp3) is 0.857. The van der Waals surface area contributed by atoms with Crippen LogP contribution in [-0.4, -0.2) is 18.5 Å². The summed E-state index contributed by atoms with van der Waals surface area (Å²) in [4.78, 5) is 0. The van der Waals surface area contributed by atoms with Gasteiger partial charge in [-0.05, 0) is 38.1 Å². The third-order valence-electron chi connectivity index (χ3n) is 3.24. The van der Waals surface area contributed by atoms with Crippen LogP contribution in [0.1, 0.15) is 52.4 Å². The molecule has 1 atom stereocenters. The third kappa shape index (κ3) is 6.77. The van der Waals surface area contributed by atoms with E-state index in [9.17, 15) is 8.78 Å². The Kier molecular flexibility index (Phi) is 6.10. The summed E-state index contributed by atoms with van der Waals surface area (Å²) in [5, 5.41) is 3.33. The molecule has 0 aromatic rings. The molecule has 100 valence electrons. The molecule has 1 aliphatic carbocycles. The van der Waals surface area contributed by atoms with Crippen LogP contribution in [0.25, 0.3) is 0 Å². The molecule has 0 bridgehead atoms. The smallest absolute Gasteiger partial charge is 0.248 e. The van der Waals surface area contributed by atoms with E-state index in [4.69, 9.17) is 0 Å². The number of alkyl halides is 2. The number of rotatable bonds is 6. The van der Waals surface area contributed by atoms with Crippen LogP contribution in [0.2, 0.25) is 0 Å². The zero-order valence-electron chi connectivity index (χ0n) is 11.0. The Labute approximate surface area is 104 Å². The lowest BCUT2D eigenvalue weighted by molar-refractivity contribution is -0.0518. The molecule has 0 spiro atoms. The van der Waals surface area contributed by atoms with Crippen molar-refractivity contribution in [3.8, 4) is 0 Å². The van der Waals surface area contributed by atoms with Gasteiger partial charge in [-0.15, -0.1) is 0 Å². The molecule has 0 amide bonds. The summed E-state index contributed by atoms with van der Waals surface area (Å²) in [5.41, 5.74) is 0. The molecule has 1 unspecified atom stereocenters. The van der Waals surface area contributed by atoms with Crippen molar-refractivity contribution in [2.24, 2.45) is 5.92 Å². The van der Waals surface area contributed by atoms with Crippen molar-refractivity contribution in [3.05, 3.63) is 12.2 Å². The van der Waals surface area contributed by atoms with Crippen LogP contribution >= 0.6 is 0 Å². The predicted molar refractivity (Wildman–Crippen MR) is 68.4 cm³/mol. The SMILES string of the molecule is CC(C)NCC/C=C/CC1CCCC(F)(F)C1. The Hall–Kier alpha value is -0.440. The van der Waals surface area contributed by atoms with Gasteiger partial charge in [0.1, 0.15) is 0 Å². The molecule has 1 N–H and O–H groups in total. The van der Waals surface area contributed by atoms with Gasteiger partial charge < -0.3 is 5.32 Å².